The first-order valence-corrected chi connectivity index (χ1v) is 11.8. The lowest BCUT2D eigenvalue weighted by molar-refractivity contribution is 0.0365. The SMILES string of the molecule is Fc1cccc(-n2cccc2[C@@H]2[C@H](c3ccccn3)NC(=S)N2CCCN2CCOCC2)c1. The number of halogens is 1. The Morgan fingerprint density at radius 3 is 2.73 bits per heavy atom. The first kappa shape index (κ1) is 22.0. The predicted molar refractivity (Wildman–Crippen MR) is 130 cm³/mol. The van der Waals surface area contributed by atoms with Crippen LogP contribution in [0, 0.1) is 5.82 Å². The molecule has 0 radical (unpaired) electrons. The lowest BCUT2D eigenvalue weighted by atomic mass is 10.0. The molecule has 2 fully saturated rings. The van der Waals surface area contributed by atoms with Gasteiger partial charge in [-0.1, -0.05) is 12.1 Å². The second kappa shape index (κ2) is 9.99. The minimum absolute atomic E-state index is 0.0599. The van der Waals surface area contributed by atoms with Crippen LogP contribution in [-0.2, 0) is 4.74 Å². The van der Waals surface area contributed by atoms with Gasteiger partial charge in [0.05, 0.1) is 31.0 Å². The van der Waals surface area contributed by atoms with E-state index in [1.807, 2.05) is 47.3 Å². The average molecular weight is 466 g/mol. The first-order chi connectivity index (χ1) is 16.2. The Hall–Kier alpha value is -2.81. The summed E-state index contributed by atoms with van der Waals surface area (Å²) in [4.78, 5) is 9.33. The molecule has 2 atom stereocenters. The van der Waals surface area contributed by atoms with E-state index in [0.29, 0.717) is 0 Å². The summed E-state index contributed by atoms with van der Waals surface area (Å²) in [7, 11) is 0. The van der Waals surface area contributed by atoms with E-state index in [2.05, 4.69) is 26.2 Å². The summed E-state index contributed by atoms with van der Waals surface area (Å²) in [5.74, 6) is -0.254. The van der Waals surface area contributed by atoms with E-state index in [-0.39, 0.29) is 17.9 Å². The molecule has 2 aliphatic heterocycles. The number of thiocarbonyl (C=S) groups is 1. The highest BCUT2D eigenvalue weighted by atomic mass is 32.1. The molecule has 3 aromatic rings. The van der Waals surface area contributed by atoms with Crippen LogP contribution in [0.3, 0.4) is 0 Å². The van der Waals surface area contributed by atoms with Gasteiger partial charge in [0.1, 0.15) is 5.82 Å². The third-order valence-electron chi connectivity index (χ3n) is 6.34. The number of ether oxygens (including phenoxy) is 1. The van der Waals surface area contributed by atoms with Gasteiger partial charge in [0.15, 0.2) is 5.11 Å². The van der Waals surface area contributed by atoms with E-state index in [0.717, 1.165) is 68.0 Å². The van der Waals surface area contributed by atoms with E-state index in [4.69, 9.17) is 17.0 Å². The molecule has 2 saturated heterocycles. The fourth-order valence-corrected chi connectivity index (χ4v) is 5.09. The fraction of sp³-hybridized carbons (Fsp3) is 0.360. The van der Waals surface area contributed by atoms with Gasteiger partial charge in [-0.2, -0.15) is 0 Å². The summed E-state index contributed by atoms with van der Waals surface area (Å²) in [6, 6.07) is 16.6. The molecule has 6 nitrogen and oxygen atoms in total. The zero-order chi connectivity index (χ0) is 22.6. The van der Waals surface area contributed by atoms with Crippen LogP contribution in [0.5, 0.6) is 0 Å². The number of nitrogens with one attached hydrogen (secondary N) is 1. The third-order valence-corrected chi connectivity index (χ3v) is 6.70. The van der Waals surface area contributed by atoms with E-state index in [1.54, 1.807) is 12.1 Å². The van der Waals surface area contributed by atoms with Gasteiger partial charge < -0.3 is 19.5 Å². The summed E-state index contributed by atoms with van der Waals surface area (Å²) in [6.07, 6.45) is 4.78. The average Bonchev–Trinajstić information content (AvgIpc) is 3.45. The summed E-state index contributed by atoms with van der Waals surface area (Å²) in [5.41, 5.74) is 2.78. The van der Waals surface area contributed by atoms with Crippen molar-refractivity contribution in [3.8, 4) is 5.69 Å². The molecule has 0 aliphatic carbocycles. The molecule has 0 spiro atoms. The molecular formula is C25H28FN5OS. The Kier molecular flexibility index (Phi) is 6.66. The first-order valence-electron chi connectivity index (χ1n) is 11.4. The molecule has 2 aromatic heterocycles. The molecule has 0 saturated carbocycles. The van der Waals surface area contributed by atoms with Gasteiger partial charge in [-0.05, 0) is 61.1 Å². The lowest BCUT2D eigenvalue weighted by Crippen LogP contribution is -2.39. The van der Waals surface area contributed by atoms with Crippen LogP contribution < -0.4 is 5.32 Å². The van der Waals surface area contributed by atoms with Gasteiger partial charge in [-0.25, -0.2) is 4.39 Å². The van der Waals surface area contributed by atoms with Crippen molar-refractivity contribution in [2.45, 2.75) is 18.5 Å². The van der Waals surface area contributed by atoms with E-state index < -0.39 is 0 Å². The number of benzene rings is 1. The number of pyridine rings is 1. The highest BCUT2D eigenvalue weighted by molar-refractivity contribution is 7.80. The maximum absolute atomic E-state index is 14.0. The Labute approximate surface area is 199 Å². The molecule has 33 heavy (non-hydrogen) atoms. The Morgan fingerprint density at radius 1 is 1.06 bits per heavy atom. The second-order valence-corrected chi connectivity index (χ2v) is 8.80. The van der Waals surface area contributed by atoms with Crippen molar-refractivity contribution in [2.75, 3.05) is 39.4 Å². The summed E-state index contributed by atoms with van der Waals surface area (Å²) in [6.45, 7) is 5.39. The summed E-state index contributed by atoms with van der Waals surface area (Å²) >= 11 is 5.80. The molecule has 0 unspecified atom stereocenters. The number of hydrogen-bond acceptors (Lipinski definition) is 4. The van der Waals surface area contributed by atoms with E-state index in [1.165, 1.54) is 6.07 Å². The molecule has 1 N–H and O–H groups in total. The van der Waals surface area contributed by atoms with Gasteiger partial charge in [-0.15, -0.1) is 0 Å². The molecule has 8 heteroatoms. The second-order valence-electron chi connectivity index (χ2n) is 8.41. The smallest absolute Gasteiger partial charge is 0.170 e. The van der Waals surface area contributed by atoms with Crippen LogP contribution in [0.1, 0.15) is 29.9 Å². The maximum atomic E-state index is 14.0. The van der Waals surface area contributed by atoms with E-state index >= 15 is 0 Å². The van der Waals surface area contributed by atoms with Crippen molar-refractivity contribution in [1.29, 1.82) is 0 Å². The molecule has 0 amide bonds. The zero-order valence-electron chi connectivity index (χ0n) is 18.4. The normalized spacial score (nSPS) is 21.4. The van der Waals surface area contributed by atoms with Crippen molar-refractivity contribution in [1.82, 2.24) is 24.7 Å². The van der Waals surface area contributed by atoms with Crippen LogP contribution >= 0.6 is 12.2 Å². The highest BCUT2D eigenvalue weighted by Gasteiger charge is 2.41. The van der Waals surface area contributed by atoms with Gasteiger partial charge in [0.2, 0.25) is 0 Å². The van der Waals surface area contributed by atoms with Crippen molar-refractivity contribution < 1.29 is 9.13 Å². The Balaban J connectivity index is 1.45. The molecule has 5 rings (SSSR count). The van der Waals surface area contributed by atoms with Crippen LogP contribution in [0.2, 0.25) is 0 Å². The summed E-state index contributed by atoms with van der Waals surface area (Å²) < 4.78 is 21.5. The predicted octanol–water partition coefficient (Wildman–Crippen LogP) is 3.71. The largest absolute Gasteiger partial charge is 0.379 e. The number of hydrogen-bond donors (Lipinski definition) is 1. The van der Waals surface area contributed by atoms with Gasteiger partial charge >= 0.3 is 0 Å². The minimum Gasteiger partial charge on any atom is -0.379 e. The van der Waals surface area contributed by atoms with Crippen molar-refractivity contribution in [3.63, 3.8) is 0 Å². The number of rotatable bonds is 7. The van der Waals surface area contributed by atoms with Crippen LogP contribution in [0.25, 0.3) is 5.69 Å². The number of morpholine rings is 1. The lowest BCUT2D eigenvalue weighted by Gasteiger charge is -2.31. The van der Waals surface area contributed by atoms with Crippen molar-refractivity contribution in [3.05, 3.63) is 84.2 Å². The van der Waals surface area contributed by atoms with Crippen molar-refractivity contribution in [2.24, 2.45) is 0 Å². The molecule has 172 valence electrons. The quantitative estimate of drug-likeness (QED) is 0.537. The highest BCUT2D eigenvalue weighted by Crippen LogP contribution is 2.39. The number of nitrogens with zero attached hydrogens (tertiary/aromatic N) is 4. The van der Waals surface area contributed by atoms with Crippen LogP contribution in [0.15, 0.2) is 67.0 Å². The molecular weight excluding hydrogens is 437 g/mol. The van der Waals surface area contributed by atoms with Gasteiger partial charge in [-0.3, -0.25) is 9.88 Å². The Bertz CT molecular complexity index is 1090. The van der Waals surface area contributed by atoms with Crippen LogP contribution in [-0.4, -0.2) is 63.9 Å². The molecule has 4 heterocycles. The van der Waals surface area contributed by atoms with Gasteiger partial charge in [0.25, 0.3) is 0 Å². The topological polar surface area (TPSA) is 45.6 Å². The molecule has 2 aliphatic rings. The molecule has 0 bridgehead atoms. The number of aromatic nitrogens is 2. The molecule has 1 aromatic carbocycles. The minimum atomic E-state index is -0.254. The van der Waals surface area contributed by atoms with Gasteiger partial charge in [0, 0.05) is 50.0 Å². The van der Waals surface area contributed by atoms with Crippen molar-refractivity contribution >= 4 is 17.3 Å². The fourth-order valence-electron chi connectivity index (χ4n) is 4.75. The zero-order valence-corrected chi connectivity index (χ0v) is 19.3. The maximum Gasteiger partial charge on any atom is 0.170 e. The van der Waals surface area contributed by atoms with E-state index in [9.17, 15) is 4.39 Å². The Morgan fingerprint density at radius 2 is 1.94 bits per heavy atom. The monoisotopic (exact) mass is 465 g/mol. The van der Waals surface area contributed by atoms with Crippen LogP contribution in [0.4, 0.5) is 4.39 Å². The third kappa shape index (κ3) is 4.78. The summed E-state index contributed by atoms with van der Waals surface area (Å²) in [5, 5.41) is 4.24. The standard InChI is InChI=1S/C25H28FN5OS/c26-19-6-3-7-20(18-19)30-12-4-9-22(30)24-23(21-8-1-2-10-27-21)28-25(33)31(24)13-5-11-29-14-16-32-17-15-29/h1-4,6-10,12,18,23-24H,5,11,13-17H2,(H,28,33)/t23-,24+/m0/s1.